The maximum Gasteiger partial charge on any atom is 0.269 e. The van der Waals surface area contributed by atoms with Gasteiger partial charge in [-0.3, -0.25) is 4.79 Å². The zero-order valence-electron chi connectivity index (χ0n) is 14.1. The van der Waals surface area contributed by atoms with E-state index in [1.807, 2.05) is 6.07 Å². The third-order valence-corrected chi connectivity index (χ3v) is 3.68. The smallest absolute Gasteiger partial charge is 0.269 e. The number of nitrogens with zero attached hydrogens (tertiary/aromatic N) is 1. The van der Waals surface area contributed by atoms with Crippen LogP contribution in [0.3, 0.4) is 0 Å². The summed E-state index contributed by atoms with van der Waals surface area (Å²) in [4.78, 5) is 16.1. The summed E-state index contributed by atoms with van der Waals surface area (Å²) in [5.74, 6) is 0.405. The molecule has 0 saturated heterocycles. The van der Waals surface area contributed by atoms with E-state index in [4.69, 9.17) is 0 Å². The number of anilines is 2. The van der Waals surface area contributed by atoms with Crippen LogP contribution < -0.4 is 10.6 Å². The molecule has 0 spiro atoms. The Morgan fingerprint density at radius 3 is 2.35 bits per heavy atom. The Bertz CT molecular complexity index is 618. The predicted molar refractivity (Wildman–Crippen MR) is 95.3 cm³/mol. The molecule has 0 radical (unpaired) electrons. The molecule has 1 heterocycles. The van der Waals surface area contributed by atoms with Gasteiger partial charge in [0.25, 0.3) is 5.91 Å². The number of aromatic nitrogens is 1. The van der Waals surface area contributed by atoms with Crippen molar-refractivity contribution in [2.45, 2.75) is 39.5 Å². The summed E-state index contributed by atoms with van der Waals surface area (Å²) in [6.07, 6.45) is 3.73. The van der Waals surface area contributed by atoms with Gasteiger partial charge in [-0.15, -0.1) is 0 Å². The molecular weight excluding hydrogens is 286 g/mol. The lowest BCUT2D eigenvalue weighted by molar-refractivity contribution is 0.0948. The monoisotopic (exact) mass is 311 g/mol. The van der Waals surface area contributed by atoms with E-state index in [9.17, 15) is 4.79 Å². The number of nitrogens with one attached hydrogen (secondary N) is 2. The van der Waals surface area contributed by atoms with Crippen LogP contribution in [-0.4, -0.2) is 17.4 Å². The molecule has 23 heavy (non-hydrogen) atoms. The highest BCUT2D eigenvalue weighted by atomic mass is 16.1. The Morgan fingerprint density at radius 1 is 1.09 bits per heavy atom. The van der Waals surface area contributed by atoms with Crippen molar-refractivity contribution in [3.63, 3.8) is 0 Å². The van der Waals surface area contributed by atoms with Gasteiger partial charge in [0.1, 0.15) is 5.69 Å². The Kier molecular flexibility index (Phi) is 6.15. The van der Waals surface area contributed by atoms with Crippen LogP contribution in [0.4, 0.5) is 11.4 Å². The maximum atomic E-state index is 11.9. The molecule has 0 aliphatic rings. The lowest BCUT2D eigenvalue weighted by atomic mass is 10.0. The minimum absolute atomic E-state index is 0.119. The maximum absolute atomic E-state index is 11.9. The number of hydrogen-bond donors (Lipinski definition) is 2. The molecule has 4 nitrogen and oxygen atoms in total. The Morgan fingerprint density at radius 2 is 1.78 bits per heavy atom. The normalized spacial score (nSPS) is 10.6. The number of pyridine rings is 1. The van der Waals surface area contributed by atoms with E-state index in [1.165, 1.54) is 5.56 Å². The second kappa shape index (κ2) is 8.32. The quantitative estimate of drug-likeness (QED) is 0.741. The van der Waals surface area contributed by atoms with E-state index in [-0.39, 0.29) is 5.91 Å². The highest BCUT2D eigenvalue weighted by Crippen LogP contribution is 2.20. The molecule has 0 atom stereocenters. The topological polar surface area (TPSA) is 54.0 Å². The van der Waals surface area contributed by atoms with Gasteiger partial charge in [-0.2, -0.15) is 0 Å². The van der Waals surface area contributed by atoms with E-state index in [0.717, 1.165) is 24.2 Å². The molecule has 0 saturated carbocycles. The van der Waals surface area contributed by atoms with Crippen LogP contribution in [0, 0.1) is 0 Å². The molecule has 122 valence electrons. The van der Waals surface area contributed by atoms with Crippen LogP contribution in [0.5, 0.6) is 0 Å². The molecule has 2 rings (SSSR count). The number of carbonyl (C=O) groups excluding carboxylic acids is 1. The van der Waals surface area contributed by atoms with E-state index < -0.39 is 0 Å². The van der Waals surface area contributed by atoms with Crippen LogP contribution in [0.1, 0.15) is 55.6 Å². The number of benzene rings is 1. The number of carbonyl (C=O) groups is 1. The predicted octanol–water partition coefficient (Wildman–Crippen LogP) is 4.48. The average molecular weight is 311 g/mol. The lowest BCUT2D eigenvalue weighted by Gasteiger charge is -2.09. The Hall–Kier alpha value is -2.36. The van der Waals surface area contributed by atoms with Crippen molar-refractivity contribution >= 4 is 17.3 Å². The van der Waals surface area contributed by atoms with E-state index >= 15 is 0 Å². The van der Waals surface area contributed by atoms with Crippen molar-refractivity contribution in [3.05, 3.63) is 53.9 Å². The average Bonchev–Trinajstić information content (AvgIpc) is 2.56. The molecule has 1 amide bonds. The minimum atomic E-state index is -0.119. The van der Waals surface area contributed by atoms with Gasteiger partial charge in [-0.1, -0.05) is 39.3 Å². The standard InChI is InChI=1S/C19H25N3O/c1-4-5-12-20-19(23)18-11-10-17(13-21-18)22-16-8-6-15(7-9-16)14(2)3/h6-11,13-14,22H,4-5,12H2,1-3H3,(H,20,23). The van der Waals surface area contributed by atoms with Crippen LogP contribution in [0.25, 0.3) is 0 Å². The third kappa shape index (κ3) is 5.09. The molecule has 0 unspecified atom stereocenters. The third-order valence-electron chi connectivity index (χ3n) is 3.68. The minimum Gasteiger partial charge on any atom is -0.354 e. The summed E-state index contributed by atoms with van der Waals surface area (Å²) in [7, 11) is 0. The second-order valence-corrected chi connectivity index (χ2v) is 5.94. The first kappa shape index (κ1) is 17.0. The molecule has 0 aliphatic heterocycles. The fraction of sp³-hybridized carbons (Fsp3) is 0.368. The van der Waals surface area contributed by atoms with Crippen LogP contribution in [0.15, 0.2) is 42.6 Å². The molecule has 0 bridgehead atoms. The number of unbranched alkanes of at least 4 members (excludes halogenated alkanes) is 1. The van der Waals surface area contributed by atoms with Gasteiger partial charge in [-0.25, -0.2) is 4.98 Å². The van der Waals surface area contributed by atoms with Gasteiger partial charge in [-0.05, 0) is 42.2 Å². The van der Waals surface area contributed by atoms with Crippen molar-refractivity contribution in [3.8, 4) is 0 Å². The lowest BCUT2D eigenvalue weighted by Crippen LogP contribution is -2.25. The Balaban J connectivity index is 1.95. The number of amides is 1. The highest BCUT2D eigenvalue weighted by molar-refractivity contribution is 5.92. The van der Waals surface area contributed by atoms with Crippen LogP contribution in [0.2, 0.25) is 0 Å². The molecule has 2 aromatic rings. The second-order valence-electron chi connectivity index (χ2n) is 5.94. The molecular formula is C19H25N3O. The van der Waals surface area contributed by atoms with Crippen LogP contribution >= 0.6 is 0 Å². The first-order valence-corrected chi connectivity index (χ1v) is 8.21. The summed E-state index contributed by atoms with van der Waals surface area (Å²) in [6, 6.07) is 12.0. The van der Waals surface area contributed by atoms with Crippen LogP contribution in [-0.2, 0) is 0 Å². The highest BCUT2D eigenvalue weighted by Gasteiger charge is 2.06. The number of rotatable bonds is 7. The SMILES string of the molecule is CCCCNC(=O)c1ccc(Nc2ccc(C(C)C)cc2)cn1. The molecule has 1 aromatic carbocycles. The summed E-state index contributed by atoms with van der Waals surface area (Å²) in [5, 5.41) is 6.16. The zero-order valence-corrected chi connectivity index (χ0v) is 14.1. The van der Waals surface area contributed by atoms with Gasteiger partial charge in [0, 0.05) is 12.2 Å². The molecule has 0 aliphatic carbocycles. The van der Waals surface area contributed by atoms with Crippen molar-refractivity contribution in [2.75, 3.05) is 11.9 Å². The van der Waals surface area contributed by atoms with Gasteiger partial charge in [0.05, 0.1) is 11.9 Å². The van der Waals surface area contributed by atoms with E-state index in [1.54, 1.807) is 12.3 Å². The summed E-state index contributed by atoms with van der Waals surface area (Å²) < 4.78 is 0. The fourth-order valence-electron chi connectivity index (χ4n) is 2.19. The van der Waals surface area contributed by atoms with Gasteiger partial charge < -0.3 is 10.6 Å². The van der Waals surface area contributed by atoms with Gasteiger partial charge >= 0.3 is 0 Å². The first-order valence-electron chi connectivity index (χ1n) is 8.21. The van der Waals surface area contributed by atoms with Gasteiger partial charge in [0.2, 0.25) is 0 Å². The van der Waals surface area contributed by atoms with Crippen molar-refractivity contribution in [2.24, 2.45) is 0 Å². The number of hydrogen-bond acceptors (Lipinski definition) is 3. The van der Waals surface area contributed by atoms with Crippen molar-refractivity contribution in [1.82, 2.24) is 10.3 Å². The fourth-order valence-corrected chi connectivity index (χ4v) is 2.19. The molecule has 1 aromatic heterocycles. The first-order chi connectivity index (χ1) is 11.1. The molecule has 4 heteroatoms. The largest absolute Gasteiger partial charge is 0.354 e. The van der Waals surface area contributed by atoms with Gasteiger partial charge in [0.15, 0.2) is 0 Å². The van der Waals surface area contributed by atoms with E-state index in [2.05, 4.69) is 60.7 Å². The summed E-state index contributed by atoms with van der Waals surface area (Å²) in [6.45, 7) is 7.14. The zero-order chi connectivity index (χ0) is 16.7. The Labute approximate surface area is 138 Å². The summed E-state index contributed by atoms with van der Waals surface area (Å²) in [5.41, 5.74) is 3.64. The summed E-state index contributed by atoms with van der Waals surface area (Å²) >= 11 is 0. The van der Waals surface area contributed by atoms with E-state index in [0.29, 0.717) is 18.2 Å². The van der Waals surface area contributed by atoms with Crippen molar-refractivity contribution < 1.29 is 4.79 Å². The van der Waals surface area contributed by atoms with Crippen molar-refractivity contribution in [1.29, 1.82) is 0 Å². The molecule has 0 fully saturated rings. The molecule has 2 N–H and O–H groups in total.